The molecular weight excluding hydrogens is 190 g/mol. The van der Waals surface area contributed by atoms with Crippen molar-refractivity contribution >= 4 is 9.84 Å². The van der Waals surface area contributed by atoms with Gasteiger partial charge in [0.25, 0.3) is 0 Å². The van der Waals surface area contributed by atoms with Crippen molar-refractivity contribution in [1.29, 1.82) is 0 Å². The molecule has 0 amide bonds. The molecular formula is C8H19NO3S. The molecule has 0 aromatic rings. The highest BCUT2D eigenvalue weighted by atomic mass is 32.2. The lowest BCUT2D eigenvalue weighted by atomic mass is 10.2. The number of aliphatic hydroxyl groups excluding tert-OH is 1. The number of rotatable bonds is 7. The molecule has 0 aliphatic heterocycles. The van der Waals surface area contributed by atoms with Crippen molar-refractivity contribution in [3.05, 3.63) is 0 Å². The normalized spacial score (nSPS) is 14.4. The maximum Gasteiger partial charge on any atom is 0.148 e. The number of sulfone groups is 1. The maximum atomic E-state index is 10.7. The molecule has 0 radical (unpaired) electrons. The summed E-state index contributed by atoms with van der Waals surface area (Å²) in [5.74, 6) is 0.182. The molecule has 1 unspecified atom stereocenters. The highest BCUT2D eigenvalue weighted by Gasteiger charge is 2.00. The Labute approximate surface area is 80.3 Å². The second kappa shape index (κ2) is 6.34. The standard InChI is InChI=1S/C8H19NO3S/c1-8(10)4-3-5-9-6-7-13(2,11)12/h8-10H,3-7H2,1-2H3. The number of aliphatic hydroxyl groups is 1. The van der Waals surface area contributed by atoms with Crippen LogP contribution in [0.5, 0.6) is 0 Å². The molecule has 0 spiro atoms. The first-order valence-electron chi connectivity index (χ1n) is 4.48. The highest BCUT2D eigenvalue weighted by Crippen LogP contribution is 1.93. The SMILES string of the molecule is CC(O)CCCNCCS(C)(=O)=O. The second-order valence-electron chi connectivity index (χ2n) is 3.37. The summed E-state index contributed by atoms with van der Waals surface area (Å²) in [6.45, 7) is 3.01. The number of nitrogens with one attached hydrogen (secondary N) is 1. The van der Waals surface area contributed by atoms with E-state index in [1.165, 1.54) is 6.26 Å². The van der Waals surface area contributed by atoms with Crippen LogP contribution in [0.4, 0.5) is 0 Å². The summed E-state index contributed by atoms with van der Waals surface area (Å²) in [5, 5.41) is 11.9. The second-order valence-corrected chi connectivity index (χ2v) is 5.63. The van der Waals surface area contributed by atoms with E-state index >= 15 is 0 Å². The van der Waals surface area contributed by atoms with Gasteiger partial charge >= 0.3 is 0 Å². The van der Waals surface area contributed by atoms with E-state index in [9.17, 15) is 8.42 Å². The molecule has 0 rings (SSSR count). The van der Waals surface area contributed by atoms with Crippen LogP contribution in [-0.4, -0.2) is 44.7 Å². The lowest BCUT2D eigenvalue weighted by Crippen LogP contribution is -2.23. The first-order chi connectivity index (χ1) is 5.92. The lowest BCUT2D eigenvalue weighted by Gasteiger charge is -2.05. The molecule has 0 saturated carbocycles. The summed E-state index contributed by atoms with van der Waals surface area (Å²) >= 11 is 0. The third-order valence-electron chi connectivity index (χ3n) is 1.63. The van der Waals surface area contributed by atoms with E-state index in [4.69, 9.17) is 5.11 Å². The van der Waals surface area contributed by atoms with Crippen molar-refractivity contribution in [3.8, 4) is 0 Å². The third-order valence-corrected chi connectivity index (χ3v) is 2.57. The minimum absolute atomic E-state index is 0.182. The van der Waals surface area contributed by atoms with Gasteiger partial charge in [-0.15, -0.1) is 0 Å². The van der Waals surface area contributed by atoms with Gasteiger partial charge in [-0.25, -0.2) is 8.42 Å². The Morgan fingerprint density at radius 3 is 2.46 bits per heavy atom. The molecule has 0 aromatic carbocycles. The van der Waals surface area contributed by atoms with Crippen LogP contribution in [0.25, 0.3) is 0 Å². The van der Waals surface area contributed by atoms with Gasteiger partial charge in [0.2, 0.25) is 0 Å². The third kappa shape index (κ3) is 11.9. The highest BCUT2D eigenvalue weighted by molar-refractivity contribution is 7.90. The van der Waals surface area contributed by atoms with Gasteiger partial charge in [0.1, 0.15) is 9.84 Å². The molecule has 5 heteroatoms. The van der Waals surface area contributed by atoms with Crippen molar-refractivity contribution < 1.29 is 13.5 Å². The van der Waals surface area contributed by atoms with Crippen LogP contribution < -0.4 is 5.32 Å². The van der Waals surface area contributed by atoms with Crippen molar-refractivity contribution in [2.24, 2.45) is 0 Å². The molecule has 0 saturated heterocycles. The Bertz CT molecular complexity index is 211. The Balaban J connectivity index is 3.18. The quantitative estimate of drug-likeness (QED) is 0.569. The molecule has 80 valence electrons. The summed E-state index contributed by atoms with van der Waals surface area (Å²) in [6.07, 6.45) is 2.59. The molecule has 13 heavy (non-hydrogen) atoms. The number of hydrogen-bond donors (Lipinski definition) is 2. The zero-order chi connectivity index (χ0) is 10.3. The zero-order valence-electron chi connectivity index (χ0n) is 8.28. The van der Waals surface area contributed by atoms with Crippen molar-refractivity contribution in [2.45, 2.75) is 25.9 Å². The minimum Gasteiger partial charge on any atom is -0.393 e. The Hall–Kier alpha value is -0.130. The molecule has 0 fully saturated rings. The first-order valence-corrected chi connectivity index (χ1v) is 6.54. The average Bonchev–Trinajstić information content (AvgIpc) is 1.93. The fraction of sp³-hybridized carbons (Fsp3) is 1.00. The van der Waals surface area contributed by atoms with Crippen LogP contribution in [0, 0.1) is 0 Å². The molecule has 1 atom stereocenters. The smallest absolute Gasteiger partial charge is 0.148 e. The zero-order valence-corrected chi connectivity index (χ0v) is 9.10. The van der Waals surface area contributed by atoms with Gasteiger partial charge < -0.3 is 10.4 Å². The Kier molecular flexibility index (Phi) is 6.28. The van der Waals surface area contributed by atoms with E-state index in [1.54, 1.807) is 6.92 Å². The van der Waals surface area contributed by atoms with Gasteiger partial charge in [-0.1, -0.05) is 0 Å². The topological polar surface area (TPSA) is 66.4 Å². The van der Waals surface area contributed by atoms with E-state index in [2.05, 4.69) is 5.32 Å². The largest absolute Gasteiger partial charge is 0.393 e. The van der Waals surface area contributed by atoms with Gasteiger partial charge in [0.05, 0.1) is 11.9 Å². The van der Waals surface area contributed by atoms with E-state index in [0.717, 1.165) is 19.4 Å². The van der Waals surface area contributed by atoms with Crippen molar-refractivity contribution in [1.82, 2.24) is 5.32 Å². The fourth-order valence-corrected chi connectivity index (χ4v) is 1.42. The van der Waals surface area contributed by atoms with E-state index in [0.29, 0.717) is 6.54 Å². The first kappa shape index (κ1) is 12.9. The van der Waals surface area contributed by atoms with E-state index in [1.807, 2.05) is 0 Å². The monoisotopic (exact) mass is 209 g/mol. The molecule has 0 bridgehead atoms. The van der Waals surface area contributed by atoms with Gasteiger partial charge in [-0.2, -0.15) is 0 Å². The fourth-order valence-electron chi connectivity index (χ4n) is 0.905. The lowest BCUT2D eigenvalue weighted by molar-refractivity contribution is 0.181. The van der Waals surface area contributed by atoms with E-state index in [-0.39, 0.29) is 11.9 Å². The predicted molar refractivity (Wildman–Crippen MR) is 53.5 cm³/mol. The van der Waals surface area contributed by atoms with Crippen LogP contribution in [0.3, 0.4) is 0 Å². The average molecular weight is 209 g/mol. The van der Waals surface area contributed by atoms with Gasteiger partial charge in [0, 0.05) is 12.8 Å². The number of hydrogen-bond acceptors (Lipinski definition) is 4. The van der Waals surface area contributed by atoms with Crippen LogP contribution in [0.2, 0.25) is 0 Å². The molecule has 0 aliphatic carbocycles. The molecule has 0 heterocycles. The molecule has 2 N–H and O–H groups in total. The van der Waals surface area contributed by atoms with Crippen LogP contribution in [-0.2, 0) is 9.84 Å². The predicted octanol–water partition coefficient (Wildman–Crippen LogP) is -0.218. The summed E-state index contributed by atoms with van der Waals surface area (Å²) < 4.78 is 21.4. The van der Waals surface area contributed by atoms with Crippen LogP contribution in [0.1, 0.15) is 19.8 Å². The molecule has 4 nitrogen and oxygen atoms in total. The Morgan fingerprint density at radius 1 is 1.38 bits per heavy atom. The van der Waals surface area contributed by atoms with Crippen molar-refractivity contribution in [3.63, 3.8) is 0 Å². The maximum absolute atomic E-state index is 10.7. The van der Waals surface area contributed by atoms with Crippen LogP contribution >= 0.6 is 0 Å². The van der Waals surface area contributed by atoms with E-state index < -0.39 is 9.84 Å². The van der Waals surface area contributed by atoms with Gasteiger partial charge in [-0.3, -0.25) is 0 Å². The van der Waals surface area contributed by atoms with Crippen molar-refractivity contribution in [2.75, 3.05) is 25.1 Å². The summed E-state index contributed by atoms with van der Waals surface area (Å²) in [4.78, 5) is 0. The summed E-state index contributed by atoms with van der Waals surface area (Å²) in [7, 11) is -2.84. The summed E-state index contributed by atoms with van der Waals surface area (Å²) in [5.41, 5.74) is 0. The minimum atomic E-state index is -2.84. The van der Waals surface area contributed by atoms with Crippen LogP contribution in [0.15, 0.2) is 0 Å². The summed E-state index contributed by atoms with van der Waals surface area (Å²) in [6, 6.07) is 0. The Morgan fingerprint density at radius 2 is 2.00 bits per heavy atom. The van der Waals surface area contributed by atoms with Gasteiger partial charge in [-0.05, 0) is 26.3 Å². The van der Waals surface area contributed by atoms with Gasteiger partial charge in [0.15, 0.2) is 0 Å². The molecule has 0 aliphatic rings. The molecule has 0 aromatic heterocycles.